The van der Waals surface area contributed by atoms with Crippen molar-refractivity contribution in [2.24, 2.45) is 0 Å². The molecule has 1 amide bonds. The average Bonchev–Trinajstić information content (AvgIpc) is 3.15. The van der Waals surface area contributed by atoms with Crippen molar-refractivity contribution in [3.05, 3.63) is 81.0 Å². The van der Waals surface area contributed by atoms with E-state index < -0.39 is 11.7 Å². The zero-order chi connectivity index (χ0) is 24.2. The summed E-state index contributed by atoms with van der Waals surface area (Å²) in [6.07, 6.45) is 0.628. The van der Waals surface area contributed by atoms with Crippen LogP contribution in [0.4, 0.5) is 10.1 Å². The Morgan fingerprint density at radius 3 is 2.68 bits per heavy atom. The van der Waals surface area contributed by atoms with Crippen LogP contribution < -0.4 is 10.9 Å². The molecule has 4 rings (SSSR count). The fourth-order valence-electron chi connectivity index (χ4n) is 3.62. The molecule has 2 heterocycles. The molecule has 10 heteroatoms. The van der Waals surface area contributed by atoms with Gasteiger partial charge in [-0.05, 0) is 44.0 Å². The highest BCUT2D eigenvalue weighted by Gasteiger charge is 2.19. The van der Waals surface area contributed by atoms with E-state index in [1.165, 1.54) is 12.1 Å². The predicted molar refractivity (Wildman–Crippen MR) is 133 cm³/mol. The summed E-state index contributed by atoms with van der Waals surface area (Å²) in [6.45, 7) is 4.67. The van der Waals surface area contributed by atoms with Crippen molar-refractivity contribution >= 4 is 46.0 Å². The number of fused-ring (bicyclic) bond motifs is 1. The number of rotatable bonds is 8. The van der Waals surface area contributed by atoms with E-state index in [1.807, 2.05) is 37.3 Å². The summed E-state index contributed by atoms with van der Waals surface area (Å²) in [6, 6.07) is 13.9. The molecule has 0 saturated carbocycles. The quantitative estimate of drug-likeness (QED) is 0.281. The van der Waals surface area contributed by atoms with Crippen LogP contribution in [-0.2, 0) is 24.3 Å². The number of aryl methyl sites for hydroxylation is 3. The molecule has 2 aromatic carbocycles. The molecule has 0 aliphatic rings. The Morgan fingerprint density at radius 2 is 1.97 bits per heavy atom. The van der Waals surface area contributed by atoms with Crippen LogP contribution in [0.5, 0.6) is 0 Å². The van der Waals surface area contributed by atoms with Gasteiger partial charge in [-0.25, -0.2) is 9.37 Å². The molecular weight excluding hydrogens is 477 g/mol. The molecule has 0 radical (unpaired) electrons. The second kappa shape index (κ2) is 10.4. The summed E-state index contributed by atoms with van der Waals surface area (Å²) in [5.41, 5.74) is 2.55. The Morgan fingerprint density at radius 1 is 1.21 bits per heavy atom. The summed E-state index contributed by atoms with van der Waals surface area (Å²) in [4.78, 5) is 30.7. The first-order valence-corrected chi connectivity index (χ1v) is 12.1. The number of halogens is 2. The van der Waals surface area contributed by atoms with E-state index in [4.69, 9.17) is 16.6 Å². The Hall–Kier alpha value is -3.17. The molecule has 176 valence electrons. The Bertz CT molecular complexity index is 1400. The van der Waals surface area contributed by atoms with Crippen molar-refractivity contribution in [2.75, 3.05) is 11.1 Å². The minimum Gasteiger partial charge on any atom is -0.323 e. The van der Waals surface area contributed by atoms with Gasteiger partial charge in [0.2, 0.25) is 5.91 Å². The van der Waals surface area contributed by atoms with Crippen LogP contribution in [0.15, 0.2) is 58.5 Å². The number of hydrogen-bond donors (Lipinski definition) is 1. The van der Waals surface area contributed by atoms with Gasteiger partial charge in [0, 0.05) is 18.1 Å². The molecule has 1 N–H and O–H groups in total. The van der Waals surface area contributed by atoms with Gasteiger partial charge in [-0.15, -0.1) is 0 Å². The molecule has 0 bridgehead atoms. The maximum atomic E-state index is 14.0. The third kappa shape index (κ3) is 5.15. The van der Waals surface area contributed by atoms with Gasteiger partial charge < -0.3 is 5.32 Å². The third-order valence-electron chi connectivity index (χ3n) is 5.29. The second-order valence-electron chi connectivity index (χ2n) is 7.65. The molecule has 34 heavy (non-hydrogen) atoms. The fourth-order valence-corrected chi connectivity index (χ4v) is 4.59. The van der Waals surface area contributed by atoms with Gasteiger partial charge in [0.1, 0.15) is 11.3 Å². The maximum absolute atomic E-state index is 14.0. The SMILES string of the molecule is CCn1nc(C)c2nc(SCC(=O)Nc3ccc(Cl)cc3F)n(CCc3ccccc3)c(=O)c21. The fraction of sp³-hybridized carbons (Fsp3) is 0.250. The molecule has 4 aromatic rings. The number of carbonyl (C=O) groups excluding carboxylic acids is 1. The predicted octanol–water partition coefficient (Wildman–Crippen LogP) is 4.69. The van der Waals surface area contributed by atoms with Crippen LogP contribution in [-0.4, -0.2) is 31.0 Å². The van der Waals surface area contributed by atoms with Gasteiger partial charge in [-0.2, -0.15) is 5.10 Å². The number of nitrogens with zero attached hydrogens (tertiary/aromatic N) is 4. The Labute approximate surface area is 205 Å². The largest absolute Gasteiger partial charge is 0.323 e. The molecular formula is C24H23ClFN5O2S. The van der Waals surface area contributed by atoms with Crippen molar-refractivity contribution in [1.29, 1.82) is 0 Å². The number of carbonyl (C=O) groups is 1. The van der Waals surface area contributed by atoms with Crippen LogP contribution in [0.3, 0.4) is 0 Å². The number of thioether (sulfide) groups is 1. The van der Waals surface area contributed by atoms with Gasteiger partial charge in [0.05, 0.1) is 17.1 Å². The number of amides is 1. The van der Waals surface area contributed by atoms with Crippen molar-refractivity contribution in [3.63, 3.8) is 0 Å². The minimum atomic E-state index is -0.618. The molecule has 0 atom stereocenters. The van der Waals surface area contributed by atoms with Crippen LogP contribution >= 0.6 is 23.4 Å². The van der Waals surface area contributed by atoms with E-state index in [9.17, 15) is 14.0 Å². The lowest BCUT2D eigenvalue weighted by Gasteiger charge is -2.13. The minimum absolute atomic E-state index is 0.0416. The van der Waals surface area contributed by atoms with Gasteiger partial charge in [-0.1, -0.05) is 53.7 Å². The summed E-state index contributed by atoms with van der Waals surface area (Å²) in [5, 5.41) is 7.63. The summed E-state index contributed by atoms with van der Waals surface area (Å²) in [7, 11) is 0. The second-order valence-corrected chi connectivity index (χ2v) is 9.03. The zero-order valence-electron chi connectivity index (χ0n) is 18.7. The summed E-state index contributed by atoms with van der Waals surface area (Å²) < 4.78 is 17.3. The van der Waals surface area contributed by atoms with Gasteiger partial charge in [-0.3, -0.25) is 18.8 Å². The normalized spacial score (nSPS) is 11.2. The van der Waals surface area contributed by atoms with E-state index in [-0.39, 0.29) is 22.0 Å². The van der Waals surface area contributed by atoms with E-state index in [0.717, 1.165) is 23.4 Å². The number of aromatic nitrogens is 4. The molecule has 0 spiro atoms. The van der Waals surface area contributed by atoms with Crippen LogP contribution in [0.25, 0.3) is 11.0 Å². The number of nitrogens with one attached hydrogen (secondary N) is 1. The Balaban J connectivity index is 1.62. The van der Waals surface area contributed by atoms with E-state index >= 15 is 0 Å². The average molecular weight is 500 g/mol. The van der Waals surface area contributed by atoms with E-state index in [2.05, 4.69) is 10.4 Å². The third-order valence-corrected chi connectivity index (χ3v) is 6.50. The monoisotopic (exact) mass is 499 g/mol. The smallest absolute Gasteiger partial charge is 0.280 e. The lowest BCUT2D eigenvalue weighted by atomic mass is 10.1. The van der Waals surface area contributed by atoms with Gasteiger partial charge >= 0.3 is 0 Å². The first-order valence-electron chi connectivity index (χ1n) is 10.8. The Kier molecular flexibility index (Phi) is 7.33. The van der Waals surface area contributed by atoms with Crippen molar-refractivity contribution in [3.8, 4) is 0 Å². The van der Waals surface area contributed by atoms with Crippen LogP contribution in [0.1, 0.15) is 18.2 Å². The van der Waals surface area contributed by atoms with Gasteiger partial charge in [0.25, 0.3) is 5.56 Å². The topological polar surface area (TPSA) is 81.8 Å². The molecule has 0 saturated heterocycles. The lowest BCUT2D eigenvalue weighted by Crippen LogP contribution is -2.26. The van der Waals surface area contributed by atoms with Gasteiger partial charge in [0.15, 0.2) is 10.7 Å². The molecule has 0 unspecified atom stereocenters. The van der Waals surface area contributed by atoms with Crippen molar-refractivity contribution in [2.45, 2.75) is 38.5 Å². The summed E-state index contributed by atoms with van der Waals surface area (Å²) in [5.74, 6) is -1.09. The lowest BCUT2D eigenvalue weighted by molar-refractivity contribution is -0.113. The number of hydrogen-bond acceptors (Lipinski definition) is 5. The highest BCUT2D eigenvalue weighted by molar-refractivity contribution is 7.99. The zero-order valence-corrected chi connectivity index (χ0v) is 20.3. The molecule has 0 fully saturated rings. The first kappa shape index (κ1) is 24.0. The van der Waals surface area contributed by atoms with E-state index in [0.29, 0.717) is 41.4 Å². The number of anilines is 1. The molecule has 7 nitrogen and oxygen atoms in total. The van der Waals surface area contributed by atoms with Crippen molar-refractivity contribution < 1.29 is 9.18 Å². The summed E-state index contributed by atoms with van der Waals surface area (Å²) >= 11 is 6.90. The van der Waals surface area contributed by atoms with E-state index in [1.54, 1.807) is 16.2 Å². The standard InChI is InChI=1S/C24H23ClFN5O2S/c1-3-31-22-21(15(2)29-31)28-24(30(23(22)33)12-11-16-7-5-4-6-8-16)34-14-20(32)27-19-10-9-17(25)13-18(19)26/h4-10,13H,3,11-12,14H2,1-2H3,(H,27,32). The highest BCUT2D eigenvalue weighted by Crippen LogP contribution is 2.22. The number of benzene rings is 2. The van der Waals surface area contributed by atoms with Crippen LogP contribution in [0, 0.1) is 12.7 Å². The van der Waals surface area contributed by atoms with Crippen molar-refractivity contribution in [1.82, 2.24) is 19.3 Å². The first-order chi connectivity index (χ1) is 16.4. The maximum Gasteiger partial charge on any atom is 0.280 e. The molecule has 0 aliphatic carbocycles. The molecule has 0 aliphatic heterocycles. The highest BCUT2D eigenvalue weighted by atomic mass is 35.5. The van der Waals surface area contributed by atoms with Crippen LogP contribution in [0.2, 0.25) is 5.02 Å². The molecule has 2 aromatic heterocycles.